The van der Waals surface area contributed by atoms with Crippen molar-refractivity contribution in [2.75, 3.05) is 26.3 Å². The van der Waals surface area contributed by atoms with Gasteiger partial charge in [0, 0.05) is 18.6 Å². The molecule has 19 heavy (non-hydrogen) atoms. The number of ether oxygens (including phenoxy) is 1. The highest BCUT2D eigenvalue weighted by atomic mass is 16.5. The van der Waals surface area contributed by atoms with E-state index < -0.39 is 0 Å². The minimum Gasteiger partial charge on any atom is -0.376 e. The first-order chi connectivity index (χ1) is 9.15. The SMILES string of the molecule is C=C(C)COCCNC1(CN)CCCC(C2CC2)C1. The van der Waals surface area contributed by atoms with E-state index in [1.807, 2.05) is 6.92 Å². The summed E-state index contributed by atoms with van der Waals surface area (Å²) in [6, 6.07) is 0. The van der Waals surface area contributed by atoms with Crippen LogP contribution in [0.5, 0.6) is 0 Å². The van der Waals surface area contributed by atoms with Gasteiger partial charge in [-0.1, -0.05) is 25.0 Å². The molecule has 2 aliphatic carbocycles. The van der Waals surface area contributed by atoms with Crippen LogP contribution in [-0.4, -0.2) is 31.8 Å². The molecule has 0 aromatic heterocycles. The van der Waals surface area contributed by atoms with Crippen LogP contribution < -0.4 is 11.1 Å². The molecule has 0 spiro atoms. The van der Waals surface area contributed by atoms with Crippen LogP contribution in [0.4, 0.5) is 0 Å². The van der Waals surface area contributed by atoms with E-state index in [2.05, 4.69) is 11.9 Å². The second-order valence-electron chi connectivity index (χ2n) is 6.61. The number of rotatable bonds is 8. The monoisotopic (exact) mass is 266 g/mol. The van der Waals surface area contributed by atoms with E-state index in [0.29, 0.717) is 6.61 Å². The van der Waals surface area contributed by atoms with Gasteiger partial charge in [0.05, 0.1) is 13.2 Å². The maximum absolute atomic E-state index is 6.07. The average Bonchev–Trinajstić information content (AvgIpc) is 3.22. The Kier molecular flexibility index (Phi) is 5.43. The predicted octanol–water partition coefficient (Wildman–Crippen LogP) is 2.47. The van der Waals surface area contributed by atoms with Crippen molar-refractivity contribution in [3.8, 4) is 0 Å². The topological polar surface area (TPSA) is 47.3 Å². The number of hydrogen-bond donors (Lipinski definition) is 2. The predicted molar refractivity (Wildman–Crippen MR) is 80.1 cm³/mol. The fraction of sp³-hybridized carbons (Fsp3) is 0.875. The third-order valence-corrected chi connectivity index (χ3v) is 4.66. The van der Waals surface area contributed by atoms with Crippen molar-refractivity contribution in [2.24, 2.45) is 17.6 Å². The van der Waals surface area contributed by atoms with Crippen molar-refractivity contribution < 1.29 is 4.74 Å². The van der Waals surface area contributed by atoms with Gasteiger partial charge in [0.2, 0.25) is 0 Å². The fourth-order valence-electron chi connectivity index (χ4n) is 3.43. The number of hydrogen-bond acceptors (Lipinski definition) is 3. The minimum atomic E-state index is 0.179. The molecule has 110 valence electrons. The third kappa shape index (κ3) is 4.59. The van der Waals surface area contributed by atoms with E-state index in [1.165, 1.54) is 38.5 Å². The van der Waals surface area contributed by atoms with Crippen LogP contribution >= 0.6 is 0 Å². The Bertz CT molecular complexity index is 301. The largest absolute Gasteiger partial charge is 0.376 e. The molecule has 2 unspecified atom stereocenters. The standard InChI is InChI=1S/C16H30N2O/c1-13(2)11-19-9-8-18-16(12-17)7-3-4-15(10-16)14-5-6-14/h14-15,18H,1,3-12,17H2,2H3. The van der Waals surface area contributed by atoms with Crippen molar-refractivity contribution in [1.82, 2.24) is 5.32 Å². The summed E-state index contributed by atoms with van der Waals surface area (Å²) in [5, 5.41) is 3.69. The summed E-state index contributed by atoms with van der Waals surface area (Å²) in [6.45, 7) is 8.93. The van der Waals surface area contributed by atoms with Crippen molar-refractivity contribution in [1.29, 1.82) is 0 Å². The first kappa shape index (κ1) is 15.0. The number of nitrogens with one attached hydrogen (secondary N) is 1. The first-order valence-corrected chi connectivity index (χ1v) is 7.82. The third-order valence-electron chi connectivity index (χ3n) is 4.66. The Hall–Kier alpha value is -0.380. The van der Waals surface area contributed by atoms with Crippen molar-refractivity contribution in [2.45, 2.75) is 51.0 Å². The Labute approximate surface area is 118 Å². The Morgan fingerprint density at radius 2 is 2.16 bits per heavy atom. The van der Waals surface area contributed by atoms with Crippen molar-refractivity contribution in [3.05, 3.63) is 12.2 Å². The molecule has 2 aliphatic rings. The molecule has 0 bridgehead atoms. The van der Waals surface area contributed by atoms with E-state index in [-0.39, 0.29) is 5.54 Å². The average molecular weight is 266 g/mol. The maximum Gasteiger partial charge on any atom is 0.0672 e. The van der Waals surface area contributed by atoms with E-state index in [9.17, 15) is 0 Å². The van der Waals surface area contributed by atoms with E-state index >= 15 is 0 Å². The molecule has 2 rings (SSSR count). The smallest absolute Gasteiger partial charge is 0.0672 e. The van der Waals surface area contributed by atoms with E-state index in [0.717, 1.165) is 37.1 Å². The molecule has 2 atom stereocenters. The Morgan fingerprint density at radius 3 is 2.79 bits per heavy atom. The van der Waals surface area contributed by atoms with E-state index in [4.69, 9.17) is 10.5 Å². The normalized spacial score (nSPS) is 31.4. The van der Waals surface area contributed by atoms with E-state index in [1.54, 1.807) is 0 Å². The molecule has 0 amide bonds. The van der Waals surface area contributed by atoms with Crippen LogP contribution in [0.2, 0.25) is 0 Å². The number of nitrogens with two attached hydrogens (primary N) is 1. The summed E-state index contributed by atoms with van der Waals surface area (Å²) in [4.78, 5) is 0. The van der Waals surface area contributed by atoms with Gasteiger partial charge in [-0.15, -0.1) is 0 Å². The molecule has 0 aromatic rings. The van der Waals surface area contributed by atoms with Gasteiger partial charge in [-0.25, -0.2) is 0 Å². The zero-order chi connectivity index (χ0) is 13.7. The maximum atomic E-state index is 6.07. The molecule has 0 radical (unpaired) electrons. The van der Waals surface area contributed by atoms with Crippen LogP contribution in [0, 0.1) is 11.8 Å². The van der Waals surface area contributed by atoms with Gasteiger partial charge < -0.3 is 15.8 Å². The van der Waals surface area contributed by atoms with Gasteiger partial charge in [0.15, 0.2) is 0 Å². The van der Waals surface area contributed by atoms with Crippen LogP contribution in [0.3, 0.4) is 0 Å². The summed E-state index contributed by atoms with van der Waals surface area (Å²) >= 11 is 0. The lowest BCUT2D eigenvalue weighted by Gasteiger charge is -2.41. The molecular formula is C16H30N2O. The molecule has 0 heterocycles. The van der Waals surface area contributed by atoms with Gasteiger partial charge >= 0.3 is 0 Å². The molecule has 3 nitrogen and oxygen atoms in total. The lowest BCUT2D eigenvalue weighted by atomic mass is 9.73. The Balaban J connectivity index is 1.72. The molecular weight excluding hydrogens is 236 g/mol. The lowest BCUT2D eigenvalue weighted by molar-refractivity contribution is 0.125. The second-order valence-corrected chi connectivity index (χ2v) is 6.61. The lowest BCUT2D eigenvalue weighted by Crippen LogP contribution is -2.55. The molecule has 0 saturated heterocycles. The van der Waals surface area contributed by atoms with Gasteiger partial charge in [-0.2, -0.15) is 0 Å². The quantitative estimate of drug-likeness (QED) is 0.524. The zero-order valence-corrected chi connectivity index (χ0v) is 12.4. The van der Waals surface area contributed by atoms with Gasteiger partial charge in [0.25, 0.3) is 0 Å². The highest BCUT2D eigenvalue weighted by Gasteiger charge is 2.40. The van der Waals surface area contributed by atoms with Crippen molar-refractivity contribution >= 4 is 0 Å². The molecule has 2 fully saturated rings. The van der Waals surface area contributed by atoms with Gasteiger partial charge in [-0.3, -0.25) is 0 Å². The van der Waals surface area contributed by atoms with Gasteiger partial charge in [-0.05, 0) is 44.4 Å². The molecule has 3 heteroatoms. The summed E-state index contributed by atoms with van der Waals surface area (Å²) in [5.41, 5.74) is 7.33. The zero-order valence-electron chi connectivity index (χ0n) is 12.4. The minimum absolute atomic E-state index is 0.179. The van der Waals surface area contributed by atoms with Gasteiger partial charge in [0.1, 0.15) is 0 Å². The highest BCUT2D eigenvalue weighted by Crippen LogP contribution is 2.46. The van der Waals surface area contributed by atoms with Crippen LogP contribution in [0.1, 0.15) is 45.4 Å². The Morgan fingerprint density at radius 1 is 1.37 bits per heavy atom. The fourth-order valence-corrected chi connectivity index (χ4v) is 3.43. The summed E-state index contributed by atoms with van der Waals surface area (Å²) in [7, 11) is 0. The second kappa shape index (κ2) is 6.87. The van der Waals surface area contributed by atoms with Crippen molar-refractivity contribution in [3.63, 3.8) is 0 Å². The summed E-state index contributed by atoms with van der Waals surface area (Å²) in [6.07, 6.45) is 8.15. The summed E-state index contributed by atoms with van der Waals surface area (Å²) in [5.74, 6) is 1.92. The summed E-state index contributed by atoms with van der Waals surface area (Å²) < 4.78 is 5.56. The molecule has 3 N–H and O–H groups in total. The highest BCUT2D eigenvalue weighted by molar-refractivity contribution is 4.98. The molecule has 0 aromatic carbocycles. The van der Waals surface area contributed by atoms with Crippen LogP contribution in [0.15, 0.2) is 12.2 Å². The molecule has 0 aliphatic heterocycles. The van der Waals surface area contributed by atoms with Crippen LogP contribution in [-0.2, 0) is 4.74 Å². The molecule has 2 saturated carbocycles. The van der Waals surface area contributed by atoms with Crippen LogP contribution in [0.25, 0.3) is 0 Å². The first-order valence-electron chi connectivity index (χ1n) is 7.82.